The number of nitrogens with one attached hydrogen (secondary N) is 1. The SMILES string of the molecule is CN1CCOC(CNC(=O)c2cc(N)ccc2[N+](=O)[O-])C1. The number of anilines is 1. The number of nitrogens with zero attached hydrogens (tertiary/aromatic N) is 2. The van der Waals surface area contributed by atoms with Gasteiger partial charge in [-0.15, -0.1) is 0 Å². The van der Waals surface area contributed by atoms with Gasteiger partial charge in [-0.2, -0.15) is 0 Å². The van der Waals surface area contributed by atoms with E-state index in [1.807, 2.05) is 7.05 Å². The summed E-state index contributed by atoms with van der Waals surface area (Å²) in [5.41, 5.74) is 5.60. The summed E-state index contributed by atoms with van der Waals surface area (Å²) in [5.74, 6) is -0.522. The predicted molar refractivity (Wildman–Crippen MR) is 77.1 cm³/mol. The van der Waals surface area contributed by atoms with E-state index in [1.54, 1.807) is 0 Å². The Labute approximate surface area is 122 Å². The zero-order valence-corrected chi connectivity index (χ0v) is 11.7. The van der Waals surface area contributed by atoms with Gasteiger partial charge in [0.05, 0.1) is 17.6 Å². The van der Waals surface area contributed by atoms with E-state index in [1.165, 1.54) is 18.2 Å². The molecule has 1 unspecified atom stereocenters. The van der Waals surface area contributed by atoms with Crippen molar-refractivity contribution < 1.29 is 14.5 Å². The van der Waals surface area contributed by atoms with Gasteiger partial charge in [-0.25, -0.2) is 0 Å². The van der Waals surface area contributed by atoms with Crippen molar-refractivity contribution in [2.75, 3.05) is 39.0 Å². The first-order valence-corrected chi connectivity index (χ1v) is 6.59. The Morgan fingerprint density at radius 3 is 3.05 bits per heavy atom. The molecule has 1 aromatic carbocycles. The lowest BCUT2D eigenvalue weighted by Crippen LogP contribution is -2.46. The molecule has 0 bridgehead atoms. The van der Waals surface area contributed by atoms with Crippen molar-refractivity contribution in [3.63, 3.8) is 0 Å². The van der Waals surface area contributed by atoms with E-state index >= 15 is 0 Å². The van der Waals surface area contributed by atoms with Crippen molar-refractivity contribution in [3.05, 3.63) is 33.9 Å². The first-order chi connectivity index (χ1) is 9.97. The van der Waals surface area contributed by atoms with E-state index < -0.39 is 10.8 Å². The number of hydrogen-bond donors (Lipinski definition) is 2. The van der Waals surface area contributed by atoms with Crippen molar-refractivity contribution in [2.45, 2.75) is 6.10 Å². The molecule has 8 nitrogen and oxygen atoms in total. The summed E-state index contributed by atoms with van der Waals surface area (Å²) >= 11 is 0. The van der Waals surface area contributed by atoms with Gasteiger partial charge in [-0.3, -0.25) is 14.9 Å². The molecule has 2 rings (SSSR count). The highest BCUT2D eigenvalue weighted by atomic mass is 16.6. The first-order valence-electron chi connectivity index (χ1n) is 6.59. The van der Waals surface area contributed by atoms with Gasteiger partial charge in [0.15, 0.2) is 0 Å². The van der Waals surface area contributed by atoms with Crippen molar-refractivity contribution in [3.8, 4) is 0 Å². The van der Waals surface area contributed by atoms with E-state index in [4.69, 9.17) is 10.5 Å². The molecule has 0 aliphatic carbocycles. The fourth-order valence-corrected chi connectivity index (χ4v) is 2.19. The van der Waals surface area contributed by atoms with Crippen LogP contribution in [0.4, 0.5) is 11.4 Å². The molecule has 1 amide bonds. The number of nitrogen functional groups attached to an aromatic ring is 1. The average molecular weight is 294 g/mol. The van der Waals surface area contributed by atoms with Crippen molar-refractivity contribution in [1.29, 1.82) is 0 Å². The summed E-state index contributed by atoms with van der Waals surface area (Å²) in [6.07, 6.45) is -0.118. The lowest BCUT2D eigenvalue weighted by Gasteiger charge is -2.30. The molecule has 0 radical (unpaired) electrons. The maximum atomic E-state index is 12.1. The molecule has 3 N–H and O–H groups in total. The van der Waals surface area contributed by atoms with Crippen LogP contribution >= 0.6 is 0 Å². The Kier molecular flexibility index (Phi) is 4.71. The van der Waals surface area contributed by atoms with E-state index in [0.29, 0.717) is 25.4 Å². The molecule has 0 aromatic heterocycles. The highest BCUT2D eigenvalue weighted by Gasteiger charge is 2.22. The molecule has 1 heterocycles. The third-order valence-electron chi connectivity index (χ3n) is 3.29. The Hall–Kier alpha value is -2.19. The number of benzene rings is 1. The fourth-order valence-electron chi connectivity index (χ4n) is 2.19. The van der Waals surface area contributed by atoms with Gasteiger partial charge in [0.2, 0.25) is 0 Å². The number of morpholine rings is 1. The molecule has 1 aromatic rings. The Balaban J connectivity index is 2.03. The first kappa shape index (κ1) is 15.2. The number of carbonyl (C=O) groups excluding carboxylic acids is 1. The highest BCUT2D eigenvalue weighted by molar-refractivity contribution is 5.99. The second-order valence-corrected chi connectivity index (χ2v) is 5.00. The van der Waals surface area contributed by atoms with Crippen LogP contribution in [0.2, 0.25) is 0 Å². The standard InChI is InChI=1S/C13H18N4O4/c1-16-4-5-21-10(8-16)7-15-13(18)11-6-9(14)2-3-12(11)17(19)20/h2-3,6,10H,4-5,7-8,14H2,1H3,(H,15,18). The largest absolute Gasteiger partial charge is 0.399 e. The summed E-state index contributed by atoms with van der Waals surface area (Å²) in [4.78, 5) is 24.5. The molecule has 1 aliphatic heterocycles. The predicted octanol–water partition coefficient (Wildman–Crippen LogP) is 0.237. The van der Waals surface area contributed by atoms with Gasteiger partial charge in [-0.05, 0) is 19.2 Å². The van der Waals surface area contributed by atoms with E-state index in [2.05, 4.69) is 10.2 Å². The van der Waals surface area contributed by atoms with Crippen molar-refractivity contribution in [1.82, 2.24) is 10.2 Å². The lowest BCUT2D eigenvalue weighted by molar-refractivity contribution is -0.385. The van der Waals surface area contributed by atoms with Crippen LogP contribution in [0.25, 0.3) is 0 Å². The minimum atomic E-state index is -0.598. The van der Waals surface area contributed by atoms with Crippen molar-refractivity contribution in [2.24, 2.45) is 0 Å². The molecule has 114 valence electrons. The van der Waals surface area contributed by atoms with Gasteiger partial charge in [-0.1, -0.05) is 0 Å². The number of nitro benzene ring substituents is 1. The molecule has 21 heavy (non-hydrogen) atoms. The van der Waals surface area contributed by atoms with Gasteiger partial charge in [0.25, 0.3) is 11.6 Å². The van der Waals surface area contributed by atoms with Gasteiger partial charge < -0.3 is 20.7 Å². The second-order valence-electron chi connectivity index (χ2n) is 5.00. The van der Waals surface area contributed by atoms with Crippen molar-refractivity contribution >= 4 is 17.3 Å². The molecule has 0 saturated carbocycles. The monoisotopic (exact) mass is 294 g/mol. The minimum Gasteiger partial charge on any atom is -0.399 e. The average Bonchev–Trinajstić information content (AvgIpc) is 2.44. The van der Waals surface area contributed by atoms with E-state index in [0.717, 1.165) is 6.54 Å². The van der Waals surface area contributed by atoms with Gasteiger partial charge in [0, 0.05) is 31.4 Å². The van der Waals surface area contributed by atoms with Crippen LogP contribution in [-0.2, 0) is 4.74 Å². The quantitative estimate of drug-likeness (QED) is 0.467. The normalized spacial score (nSPS) is 19.2. The summed E-state index contributed by atoms with van der Waals surface area (Å²) < 4.78 is 5.52. The number of carbonyl (C=O) groups is 1. The molecular formula is C13H18N4O4. The molecule has 1 fully saturated rings. The number of likely N-dealkylation sites (N-methyl/N-ethyl adjacent to an activating group) is 1. The Morgan fingerprint density at radius 1 is 1.62 bits per heavy atom. The van der Waals surface area contributed by atoms with Crippen LogP contribution in [0.1, 0.15) is 10.4 Å². The van der Waals surface area contributed by atoms with Gasteiger partial charge >= 0.3 is 0 Å². The summed E-state index contributed by atoms with van der Waals surface area (Å²) in [6, 6.07) is 3.94. The van der Waals surface area contributed by atoms with Gasteiger partial charge in [0.1, 0.15) is 5.56 Å². The summed E-state index contributed by atoms with van der Waals surface area (Å²) in [5, 5.41) is 13.6. The zero-order chi connectivity index (χ0) is 15.4. The highest BCUT2D eigenvalue weighted by Crippen LogP contribution is 2.21. The smallest absolute Gasteiger partial charge is 0.282 e. The minimum absolute atomic E-state index is 0.0378. The van der Waals surface area contributed by atoms with E-state index in [-0.39, 0.29) is 17.4 Å². The van der Waals surface area contributed by atoms with Crippen LogP contribution in [0.3, 0.4) is 0 Å². The molecule has 0 spiro atoms. The summed E-state index contributed by atoms with van der Waals surface area (Å²) in [6.45, 7) is 2.47. The maximum Gasteiger partial charge on any atom is 0.282 e. The topological polar surface area (TPSA) is 111 Å². The number of nitrogens with two attached hydrogens (primary N) is 1. The Morgan fingerprint density at radius 2 is 2.38 bits per heavy atom. The van der Waals surface area contributed by atoms with Crippen LogP contribution in [0, 0.1) is 10.1 Å². The number of hydrogen-bond acceptors (Lipinski definition) is 6. The molecular weight excluding hydrogens is 276 g/mol. The maximum absolute atomic E-state index is 12.1. The fraction of sp³-hybridized carbons (Fsp3) is 0.462. The second kappa shape index (κ2) is 6.51. The summed E-state index contributed by atoms with van der Waals surface area (Å²) in [7, 11) is 1.97. The Bertz CT molecular complexity index is 549. The number of amides is 1. The van der Waals surface area contributed by atoms with Crippen LogP contribution < -0.4 is 11.1 Å². The zero-order valence-electron chi connectivity index (χ0n) is 11.7. The third kappa shape index (κ3) is 3.89. The molecule has 1 atom stereocenters. The van der Waals surface area contributed by atoms with Crippen LogP contribution in [0.15, 0.2) is 18.2 Å². The third-order valence-corrected chi connectivity index (χ3v) is 3.29. The number of ether oxygens (including phenoxy) is 1. The molecule has 1 aliphatic rings. The number of nitro groups is 1. The van der Waals surface area contributed by atoms with E-state index in [9.17, 15) is 14.9 Å². The molecule has 8 heteroatoms. The molecule has 1 saturated heterocycles. The van der Waals surface area contributed by atoms with Crippen LogP contribution in [-0.4, -0.2) is 55.1 Å². The van der Waals surface area contributed by atoms with Crippen LogP contribution in [0.5, 0.6) is 0 Å². The number of rotatable bonds is 4. The lowest BCUT2D eigenvalue weighted by atomic mass is 10.1.